The minimum Gasteiger partial charge on any atom is -0.157 e. The molecule has 1 unspecified atom stereocenters. The quantitative estimate of drug-likeness (QED) is 0.484. The molecule has 3 heteroatoms. The zero-order chi connectivity index (χ0) is 7.28. The van der Waals surface area contributed by atoms with Gasteiger partial charge in [0.2, 0.25) is 0 Å². The third-order valence-electron chi connectivity index (χ3n) is 0.969. The van der Waals surface area contributed by atoms with Crippen molar-refractivity contribution in [3.8, 4) is 0 Å². The number of thiocarbonyl (C=S) groups is 1. The van der Waals surface area contributed by atoms with Gasteiger partial charge in [-0.2, -0.15) is 11.8 Å². The molecule has 0 aliphatic carbocycles. The van der Waals surface area contributed by atoms with Gasteiger partial charge in [-0.3, -0.25) is 0 Å². The molecule has 1 atom stereocenters. The molecule has 0 heterocycles. The van der Waals surface area contributed by atoms with Crippen LogP contribution in [0.15, 0.2) is 11.1 Å². The lowest BCUT2D eigenvalue weighted by molar-refractivity contribution is 1.23. The van der Waals surface area contributed by atoms with Crippen LogP contribution >= 0.6 is 35.6 Å². The van der Waals surface area contributed by atoms with Crippen molar-refractivity contribution in [3.63, 3.8) is 0 Å². The molecular weight excluding hydrogens is 172 g/mol. The number of thioether (sulfide) groups is 1. The van der Waals surface area contributed by atoms with Crippen LogP contribution in [-0.2, 0) is 0 Å². The molecule has 0 aliphatic heterocycles. The zero-order valence-electron chi connectivity index (χ0n) is 5.43. The van der Waals surface area contributed by atoms with Crippen LogP contribution in [-0.4, -0.2) is 16.9 Å². The summed E-state index contributed by atoms with van der Waals surface area (Å²) in [5.41, 5.74) is 0. The van der Waals surface area contributed by atoms with E-state index < -0.39 is 0 Å². The lowest BCUT2D eigenvalue weighted by Gasteiger charge is -2.03. The van der Waals surface area contributed by atoms with Gasteiger partial charge in [0.1, 0.15) is 0 Å². The molecule has 52 valence electrons. The summed E-state index contributed by atoms with van der Waals surface area (Å²) in [6.07, 6.45) is 3.77. The highest BCUT2D eigenvalue weighted by Crippen LogP contribution is 2.18. The summed E-state index contributed by atoms with van der Waals surface area (Å²) in [5.74, 6) is 0. The van der Waals surface area contributed by atoms with Gasteiger partial charge in [0.05, 0.1) is 0 Å². The number of allylic oxidation sites excluding steroid dienone is 1. The molecule has 0 aromatic heterocycles. The van der Waals surface area contributed by atoms with Gasteiger partial charge < -0.3 is 0 Å². The van der Waals surface area contributed by atoms with Gasteiger partial charge in [0.25, 0.3) is 0 Å². The maximum atomic E-state index is 5.77. The lowest BCUT2D eigenvalue weighted by Crippen LogP contribution is -1.93. The highest BCUT2D eigenvalue weighted by atomic mass is 35.5. The highest BCUT2D eigenvalue weighted by Gasteiger charge is 2.00. The first-order valence-corrected chi connectivity index (χ1v) is 4.69. The summed E-state index contributed by atoms with van der Waals surface area (Å²) in [4.78, 5) is 0. The molecular formula is C6H9ClS2. The SMILES string of the molecule is CSC(C)C(Cl)=CC=S. The monoisotopic (exact) mass is 180 g/mol. The Kier molecular flexibility index (Phi) is 5.55. The fraction of sp³-hybridized carbons (Fsp3) is 0.500. The van der Waals surface area contributed by atoms with Gasteiger partial charge in [0.15, 0.2) is 0 Å². The number of hydrogen-bond acceptors (Lipinski definition) is 2. The van der Waals surface area contributed by atoms with Crippen molar-refractivity contribution in [1.29, 1.82) is 0 Å². The molecule has 9 heavy (non-hydrogen) atoms. The van der Waals surface area contributed by atoms with E-state index in [9.17, 15) is 0 Å². The second-order valence-electron chi connectivity index (χ2n) is 1.57. The van der Waals surface area contributed by atoms with E-state index in [1.54, 1.807) is 17.8 Å². The second kappa shape index (κ2) is 5.27. The molecule has 0 aromatic carbocycles. The van der Waals surface area contributed by atoms with Crippen molar-refractivity contribution < 1.29 is 0 Å². The summed E-state index contributed by atoms with van der Waals surface area (Å²) in [6, 6.07) is 0. The summed E-state index contributed by atoms with van der Waals surface area (Å²) in [6.45, 7) is 2.04. The van der Waals surface area contributed by atoms with Crippen LogP contribution in [0.3, 0.4) is 0 Å². The smallest absolute Gasteiger partial charge is 0.0374 e. The van der Waals surface area contributed by atoms with Crippen molar-refractivity contribution in [3.05, 3.63) is 11.1 Å². The second-order valence-corrected chi connectivity index (χ2v) is 3.45. The third-order valence-corrected chi connectivity index (χ3v) is 2.65. The Hall–Kier alpha value is 0.470. The lowest BCUT2D eigenvalue weighted by atomic mass is 10.4. The number of hydrogen-bond donors (Lipinski definition) is 0. The molecule has 0 fully saturated rings. The van der Waals surface area contributed by atoms with E-state index >= 15 is 0 Å². The topological polar surface area (TPSA) is 0 Å². The zero-order valence-corrected chi connectivity index (χ0v) is 7.82. The first kappa shape index (κ1) is 9.47. The van der Waals surface area contributed by atoms with E-state index in [4.69, 9.17) is 11.6 Å². The van der Waals surface area contributed by atoms with Crippen molar-refractivity contribution >= 4 is 40.9 Å². The van der Waals surface area contributed by atoms with E-state index in [2.05, 4.69) is 12.2 Å². The fourth-order valence-corrected chi connectivity index (χ4v) is 1.17. The molecule has 0 nitrogen and oxygen atoms in total. The molecule has 0 saturated carbocycles. The van der Waals surface area contributed by atoms with Crippen LogP contribution in [0.1, 0.15) is 6.92 Å². The Labute approximate surface area is 70.7 Å². The van der Waals surface area contributed by atoms with E-state index in [0.717, 1.165) is 5.03 Å². The Morgan fingerprint density at radius 1 is 1.78 bits per heavy atom. The van der Waals surface area contributed by atoms with E-state index in [1.165, 1.54) is 5.37 Å². The molecule has 0 radical (unpaired) electrons. The molecule has 0 spiro atoms. The standard InChI is InChI=1S/C6H9ClS2/c1-5(9-2)6(7)3-4-8/h3-5H,1-2H3. The van der Waals surface area contributed by atoms with Gasteiger partial charge >= 0.3 is 0 Å². The van der Waals surface area contributed by atoms with Crippen LogP contribution in [0.25, 0.3) is 0 Å². The molecule has 0 saturated heterocycles. The average Bonchev–Trinajstić information content (AvgIpc) is 1.87. The molecule has 0 rings (SSSR count). The minimum absolute atomic E-state index is 0.367. The normalized spacial score (nSPS) is 15.2. The average molecular weight is 181 g/mol. The summed E-state index contributed by atoms with van der Waals surface area (Å²) < 4.78 is 0. The number of rotatable bonds is 3. The maximum absolute atomic E-state index is 5.77. The Morgan fingerprint density at radius 3 is 2.67 bits per heavy atom. The van der Waals surface area contributed by atoms with Crippen molar-refractivity contribution in [2.75, 3.05) is 6.26 Å². The van der Waals surface area contributed by atoms with Crippen LogP contribution in [0.2, 0.25) is 0 Å². The van der Waals surface area contributed by atoms with Crippen LogP contribution < -0.4 is 0 Å². The molecule has 0 bridgehead atoms. The predicted molar refractivity (Wildman–Crippen MR) is 50.6 cm³/mol. The molecule has 0 N–H and O–H groups in total. The van der Waals surface area contributed by atoms with Gasteiger partial charge in [0, 0.05) is 15.6 Å². The van der Waals surface area contributed by atoms with Gasteiger partial charge in [-0.05, 0) is 19.3 Å². The largest absolute Gasteiger partial charge is 0.157 e. The number of halogens is 1. The van der Waals surface area contributed by atoms with Crippen LogP contribution in [0, 0.1) is 0 Å². The van der Waals surface area contributed by atoms with Crippen molar-refractivity contribution in [1.82, 2.24) is 0 Å². The Bertz CT molecular complexity index is 120. The van der Waals surface area contributed by atoms with Crippen molar-refractivity contribution in [2.45, 2.75) is 12.2 Å². The third kappa shape index (κ3) is 3.95. The van der Waals surface area contributed by atoms with Gasteiger partial charge in [-0.15, -0.1) is 0 Å². The Balaban J connectivity index is 3.84. The van der Waals surface area contributed by atoms with Crippen LogP contribution in [0.5, 0.6) is 0 Å². The van der Waals surface area contributed by atoms with Crippen LogP contribution in [0.4, 0.5) is 0 Å². The molecule has 0 aliphatic rings. The Morgan fingerprint density at radius 2 is 2.33 bits per heavy atom. The maximum Gasteiger partial charge on any atom is 0.0374 e. The molecule has 0 aromatic rings. The summed E-state index contributed by atoms with van der Waals surface area (Å²) in [7, 11) is 0. The first-order chi connectivity index (χ1) is 4.22. The fourth-order valence-electron chi connectivity index (χ4n) is 0.313. The van der Waals surface area contributed by atoms with Crippen molar-refractivity contribution in [2.24, 2.45) is 0 Å². The van der Waals surface area contributed by atoms with Gasteiger partial charge in [-0.25, -0.2) is 0 Å². The summed E-state index contributed by atoms with van der Waals surface area (Å²) >= 11 is 12.1. The predicted octanol–water partition coefficient (Wildman–Crippen LogP) is 2.86. The minimum atomic E-state index is 0.367. The van der Waals surface area contributed by atoms with E-state index in [-0.39, 0.29) is 0 Å². The summed E-state index contributed by atoms with van der Waals surface area (Å²) in [5, 5.41) is 2.72. The molecule has 0 amide bonds. The van der Waals surface area contributed by atoms with E-state index in [0.29, 0.717) is 5.25 Å². The highest BCUT2D eigenvalue weighted by molar-refractivity contribution is 7.99. The van der Waals surface area contributed by atoms with E-state index in [1.807, 2.05) is 13.2 Å². The van der Waals surface area contributed by atoms with Gasteiger partial charge in [-0.1, -0.05) is 23.8 Å². The first-order valence-electron chi connectivity index (χ1n) is 2.56.